The summed E-state index contributed by atoms with van der Waals surface area (Å²) in [5, 5.41) is 12.5. The summed E-state index contributed by atoms with van der Waals surface area (Å²) in [5.41, 5.74) is 3.48. The second-order valence-corrected chi connectivity index (χ2v) is 5.92. The molecule has 0 bridgehead atoms. The molecule has 1 aromatic carbocycles. The molecule has 0 radical (unpaired) electrons. The van der Waals surface area contributed by atoms with Gasteiger partial charge in [-0.05, 0) is 62.8 Å². The highest BCUT2D eigenvalue weighted by atomic mass is 16.5. The molecule has 2 N–H and O–H groups in total. The van der Waals surface area contributed by atoms with Crippen molar-refractivity contribution in [3.63, 3.8) is 0 Å². The van der Waals surface area contributed by atoms with Gasteiger partial charge < -0.3 is 15.2 Å². The van der Waals surface area contributed by atoms with E-state index in [1.165, 1.54) is 5.56 Å². The third kappa shape index (κ3) is 4.74. The standard InChI is InChI=1S/C17H25NO3/c1-4-21-16-8-11(2)13(7-12(16)3)9-15(10-17(19)20)18-14-5-6-14/h7-8,14-15,18H,4-6,9-10H2,1-3H3,(H,19,20). The van der Waals surface area contributed by atoms with Crippen LogP contribution in [0.15, 0.2) is 12.1 Å². The molecule has 1 fully saturated rings. The Balaban J connectivity index is 2.11. The smallest absolute Gasteiger partial charge is 0.304 e. The van der Waals surface area contributed by atoms with Crippen molar-refractivity contribution in [2.45, 2.75) is 58.5 Å². The summed E-state index contributed by atoms with van der Waals surface area (Å²) in [6.07, 6.45) is 3.25. The molecule has 0 spiro atoms. The number of nitrogens with one attached hydrogen (secondary N) is 1. The third-order valence-corrected chi connectivity index (χ3v) is 3.87. The normalized spacial score (nSPS) is 15.8. The summed E-state index contributed by atoms with van der Waals surface area (Å²) in [5.74, 6) is 0.178. The Labute approximate surface area is 126 Å². The predicted molar refractivity (Wildman–Crippen MR) is 83.0 cm³/mol. The van der Waals surface area contributed by atoms with E-state index in [-0.39, 0.29) is 12.5 Å². The number of rotatable bonds is 8. The van der Waals surface area contributed by atoms with Gasteiger partial charge in [0, 0.05) is 12.1 Å². The number of carboxylic acids is 1. The number of carbonyl (C=O) groups is 1. The SMILES string of the molecule is CCOc1cc(C)c(CC(CC(=O)O)NC2CC2)cc1C. The van der Waals surface area contributed by atoms with Crippen LogP contribution in [0.1, 0.15) is 42.9 Å². The van der Waals surface area contributed by atoms with Crippen molar-refractivity contribution in [3.8, 4) is 5.75 Å². The van der Waals surface area contributed by atoms with Gasteiger partial charge in [0.15, 0.2) is 0 Å². The fourth-order valence-electron chi connectivity index (χ4n) is 2.63. The number of aliphatic carboxylic acids is 1. The van der Waals surface area contributed by atoms with Crippen molar-refractivity contribution in [3.05, 3.63) is 28.8 Å². The van der Waals surface area contributed by atoms with Crippen LogP contribution >= 0.6 is 0 Å². The predicted octanol–water partition coefficient (Wildman–Crippen LogP) is 2.84. The van der Waals surface area contributed by atoms with E-state index in [0.717, 1.165) is 36.1 Å². The molecule has 2 rings (SSSR count). The number of aryl methyl sites for hydroxylation is 2. The highest BCUT2D eigenvalue weighted by Crippen LogP contribution is 2.26. The minimum Gasteiger partial charge on any atom is -0.494 e. The lowest BCUT2D eigenvalue weighted by Crippen LogP contribution is -2.35. The molecule has 21 heavy (non-hydrogen) atoms. The molecule has 116 valence electrons. The Hall–Kier alpha value is -1.55. The number of ether oxygens (including phenoxy) is 1. The number of hydrogen-bond donors (Lipinski definition) is 2. The minimum absolute atomic E-state index is 0.00560. The number of hydrogen-bond acceptors (Lipinski definition) is 3. The molecule has 1 unspecified atom stereocenters. The van der Waals surface area contributed by atoms with E-state index in [4.69, 9.17) is 9.84 Å². The Morgan fingerprint density at radius 1 is 1.38 bits per heavy atom. The molecular formula is C17H25NO3. The quantitative estimate of drug-likeness (QED) is 0.773. The van der Waals surface area contributed by atoms with Gasteiger partial charge in [-0.1, -0.05) is 6.07 Å². The average Bonchev–Trinajstić information content (AvgIpc) is 3.18. The van der Waals surface area contributed by atoms with E-state index in [0.29, 0.717) is 12.6 Å². The lowest BCUT2D eigenvalue weighted by molar-refractivity contribution is -0.137. The van der Waals surface area contributed by atoms with Crippen LogP contribution < -0.4 is 10.1 Å². The Morgan fingerprint density at radius 3 is 2.67 bits per heavy atom. The summed E-state index contributed by atoms with van der Waals surface area (Å²) in [7, 11) is 0. The lowest BCUT2D eigenvalue weighted by Gasteiger charge is -2.19. The fraction of sp³-hybridized carbons (Fsp3) is 0.588. The molecule has 1 aromatic rings. The molecular weight excluding hydrogens is 266 g/mol. The van der Waals surface area contributed by atoms with Crippen molar-refractivity contribution >= 4 is 5.97 Å². The maximum Gasteiger partial charge on any atom is 0.304 e. The minimum atomic E-state index is -0.742. The Morgan fingerprint density at radius 2 is 2.10 bits per heavy atom. The largest absolute Gasteiger partial charge is 0.494 e. The summed E-state index contributed by atoms with van der Waals surface area (Å²) < 4.78 is 5.61. The first-order chi connectivity index (χ1) is 9.99. The van der Waals surface area contributed by atoms with E-state index in [9.17, 15) is 4.79 Å². The zero-order chi connectivity index (χ0) is 15.4. The monoisotopic (exact) mass is 291 g/mol. The zero-order valence-corrected chi connectivity index (χ0v) is 13.1. The van der Waals surface area contributed by atoms with Gasteiger partial charge in [-0.25, -0.2) is 0 Å². The van der Waals surface area contributed by atoms with Crippen LogP contribution in [-0.4, -0.2) is 29.8 Å². The van der Waals surface area contributed by atoms with Crippen LogP contribution in [-0.2, 0) is 11.2 Å². The van der Waals surface area contributed by atoms with Crippen LogP contribution in [0.2, 0.25) is 0 Å². The van der Waals surface area contributed by atoms with Crippen molar-refractivity contribution in [2.75, 3.05) is 6.61 Å². The van der Waals surface area contributed by atoms with Gasteiger partial charge in [0.25, 0.3) is 0 Å². The fourth-order valence-corrected chi connectivity index (χ4v) is 2.63. The van der Waals surface area contributed by atoms with Crippen molar-refractivity contribution in [2.24, 2.45) is 0 Å². The van der Waals surface area contributed by atoms with E-state index in [1.54, 1.807) is 0 Å². The molecule has 1 aliphatic rings. The highest BCUT2D eigenvalue weighted by molar-refractivity contribution is 5.67. The molecule has 0 amide bonds. The first-order valence-corrected chi connectivity index (χ1v) is 7.70. The van der Waals surface area contributed by atoms with Gasteiger partial charge in [-0.3, -0.25) is 4.79 Å². The molecule has 0 saturated heterocycles. The Bertz CT molecular complexity index is 509. The molecule has 1 saturated carbocycles. The third-order valence-electron chi connectivity index (χ3n) is 3.87. The molecule has 1 atom stereocenters. The van der Waals surface area contributed by atoms with Crippen LogP contribution in [0.4, 0.5) is 0 Å². The van der Waals surface area contributed by atoms with Crippen molar-refractivity contribution in [1.29, 1.82) is 0 Å². The van der Waals surface area contributed by atoms with Gasteiger partial charge in [0.1, 0.15) is 5.75 Å². The van der Waals surface area contributed by atoms with Crippen LogP contribution in [0.5, 0.6) is 5.75 Å². The second kappa shape index (κ2) is 6.94. The van der Waals surface area contributed by atoms with Crippen molar-refractivity contribution < 1.29 is 14.6 Å². The van der Waals surface area contributed by atoms with Crippen LogP contribution in [0, 0.1) is 13.8 Å². The van der Waals surface area contributed by atoms with Gasteiger partial charge in [-0.2, -0.15) is 0 Å². The van der Waals surface area contributed by atoms with Gasteiger partial charge in [-0.15, -0.1) is 0 Å². The van der Waals surface area contributed by atoms with E-state index >= 15 is 0 Å². The Kier molecular flexibility index (Phi) is 5.23. The van der Waals surface area contributed by atoms with Gasteiger partial charge >= 0.3 is 5.97 Å². The summed E-state index contributed by atoms with van der Waals surface area (Å²) in [4.78, 5) is 11.0. The first kappa shape index (κ1) is 15.8. The van der Waals surface area contributed by atoms with E-state index in [2.05, 4.69) is 24.4 Å². The molecule has 4 nitrogen and oxygen atoms in total. The van der Waals surface area contributed by atoms with Crippen LogP contribution in [0.25, 0.3) is 0 Å². The molecule has 0 aliphatic heterocycles. The van der Waals surface area contributed by atoms with Gasteiger partial charge in [0.2, 0.25) is 0 Å². The van der Waals surface area contributed by atoms with Crippen molar-refractivity contribution in [1.82, 2.24) is 5.32 Å². The first-order valence-electron chi connectivity index (χ1n) is 7.70. The average molecular weight is 291 g/mol. The zero-order valence-electron chi connectivity index (χ0n) is 13.1. The summed E-state index contributed by atoms with van der Waals surface area (Å²) in [6, 6.07) is 4.71. The van der Waals surface area contributed by atoms with Crippen LogP contribution in [0.3, 0.4) is 0 Å². The number of carboxylic acid groups (broad SMARTS) is 1. The lowest BCUT2D eigenvalue weighted by atomic mass is 9.96. The maximum absolute atomic E-state index is 11.0. The molecule has 0 heterocycles. The topological polar surface area (TPSA) is 58.6 Å². The van der Waals surface area contributed by atoms with E-state index < -0.39 is 5.97 Å². The summed E-state index contributed by atoms with van der Waals surface area (Å²) in [6.45, 7) is 6.73. The molecule has 1 aliphatic carbocycles. The summed E-state index contributed by atoms with van der Waals surface area (Å²) >= 11 is 0. The van der Waals surface area contributed by atoms with Gasteiger partial charge in [0.05, 0.1) is 13.0 Å². The molecule has 4 heteroatoms. The second-order valence-electron chi connectivity index (χ2n) is 5.92. The highest BCUT2D eigenvalue weighted by Gasteiger charge is 2.26. The molecule has 0 aromatic heterocycles. The van der Waals surface area contributed by atoms with E-state index in [1.807, 2.05) is 13.8 Å². The number of benzene rings is 1. The maximum atomic E-state index is 11.0.